The first-order valence-electron chi connectivity index (χ1n) is 14.0. The van der Waals surface area contributed by atoms with Crippen molar-refractivity contribution in [1.29, 1.82) is 0 Å². The SMILES string of the molecule is COc1cc2c(c(OC)c1OC)-c1ccc(N[C@@H](CCSC)C(=O)NCCC(C)C)c(=O)cc1[C@H](NC(C)=O)CC2. The van der Waals surface area contributed by atoms with Gasteiger partial charge in [-0.3, -0.25) is 14.4 Å². The molecule has 2 aromatic carbocycles. The zero-order chi connectivity index (χ0) is 30.1. The number of fused-ring (bicyclic) bond motifs is 3. The van der Waals surface area contributed by atoms with E-state index >= 15 is 0 Å². The summed E-state index contributed by atoms with van der Waals surface area (Å²) in [6, 6.07) is 6.07. The number of benzene rings is 1. The molecule has 2 amide bonds. The summed E-state index contributed by atoms with van der Waals surface area (Å²) in [5.41, 5.74) is 3.18. The fourth-order valence-electron chi connectivity index (χ4n) is 5.13. The number of hydrogen-bond acceptors (Lipinski definition) is 8. The van der Waals surface area contributed by atoms with Gasteiger partial charge < -0.3 is 30.2 Å². The van der Waals surface area contributed by atoms with Crippen molar-refractivity contribution in [2.45, 2.75) is 58.5 Å². The minimum absolute atomic E-state index is 0.132. The van der Waals surface area contributed by atoms with E-state index in [-0.39, 0.29) is 17.2 Å². The molecule has 1 aliphatic rings. The highest BCUT2D eigenvalue weighted by molar-refractivity contribution is 7.98. The number of carbonyl (C=O) groups excluding carboxylic acids is 2. The lowest BCUT2D eigenvalue weighted by atomic mass is 9.95. The molecule has 0 aliphatic heterocycles. The van der Waals surface area contributed by atoms with Crippen molar-refractivity contribution < 1.29 is 23.8 Å². The highest BCUT2D eigenvalue weighted by atomic mass is 32.2. The zero-order valence-corrected chi connectivity index (χ0v) is 26.0. The fraction of sp³-hybridized carbons (Fsp3) is 0.516. The second kappa shape index (κ2) is 15.0. The largest absolute Gasteiger partial charge is 0.493 e. The number of thioether (sulfide) groups is 1. The Morgan fingerprint density at radius 2 is 1.78 bits per heavy atom. The molecule has 0 unspecified atom stereocenters. The first-order chi connectivity index (χ1) is 19.6. The van der Waals surface area contributed by atoms with Gasteiger partial charge in [-0.05, 0) is 78.5 Å². The maximum atomic E-state index is 13.7. The molecule has 3 N–H and O–H groups in total. The number of rotatable bonds is 13. The Kier molecular flexibility index (Phi) is 11.8. The van der Waals surface area contributed by atoms with E-state index in [9.17, 15) is 14.4 Å². The van der Waals surface area contributed by atoms with E-state index < -0.39 is 12.1 Å². The van der Waals surface area contributed by atoms with Gasteiger partial charge in [0.15, 0.2) is 11.5 Å². The number of nitrogens with one attached hydrogen (secondary N) is 3. The first-order valence-corrected chi connectivity index (χ1v) is 15.3. The van der Waals surface area contributed by atoms with Crippen LogP contribution >= 0.6 is 11.8 Å². The highest BCUT2D eigenvalue weighted by Crippen LogP contribution is 2.50. The summed E-state index contributed by atoms with van der Waals surface area (Å²) in [6.07, 6.45) is 4.61. The lowest BCUT2D eigenvalue weighted by Crippen LogP contribution is -2.41. The molecule has 0 saturated heterocycles. The summed E-state index contributed by atoms with van der Waals surface area (Å²) < 4.78 is 17.1. The van der Waals surface area contributed by atoms with Crippen molar-refractivity contribution >= 4 is 29.3 Å². The van der Waals surface area contributed by atoms with E-state index in [1.807, 2.05) is 18.4 Å². The van der Waals surface area contributed by atoms with Crippen LogP contribution in [0, 0.1) is 5.92 Å². The van der Waals surface area contributed by atoms with Crippen molar-refractivity contribution in [3.05, 3.63) is 45.6 Å². The third-order valence-corrected chi connectivity index (χ3v) is 7.84. The summed E-state index contributed by atoms with van der Waals surface area (Å²) in [7, 11) is 4.69. The Labute approximate surface area is 247 Å². The van der Waals surface area contributed by atoms with Gasteiger partial charge in [0.05, 0.1) is 33.1 Å². The Morgan fingerprint density at radius 3 is 2.39 bits per heavy atom. The predicted octanol–water partition coefficient (Wildman–Crippen LogP) is 4.56. The molecule has 0 aromatic heterocycles. The van der Waals surface area contributed by atoms with Gasteiger partial charge in [-0.2, -0.15) is 11.8 Å². The average molecular weight is 586 g/mol. The second-order valence-corrected chi connectivity index (χ2v) is 11.5. The summed E-state index contributed by atoms with van der Waals surface area (Å²) in [5, 5.41) is 9.26. The predicted molar refractivity (Wildman–Crippen MR) is 166 cm³/mol. The highest BCUT2D eigenvalue weighted by Gasteiger charge is 2.30. The molecule has 9 nitrogen and oxygen atoms in total. The summed E-state index contributed by atoms with van der Waals surface area (Å²) in [6.45, 7) is 6.27. The molecule has 2 atom stereocenters. The molecule has 224 valence electrons. The summed E-state index contributed by atoms with van der Waals surface area (Å²) in [5.74, 6) is 2.38. The van der Waals surface area contributed by atoms with Crippen LogP contribution in [-0.2, 0) is 16.0 Å². The molecule has 10 heteroatoms. The molecule has 0 spiro atoms. The van der Waals surface area contributed by atoms with Gasteiger partial charge >= 0.3 is 0 Å². The molecule has 3 rings (SSSR count). The van der Waals surface area contributed by atoms with Crippen LogP contribution in [0.3, 0.4) is 0 Å². The van der Waals surface area contributed by atoms with Gasteiger partial charge in [0, 0.05) is 19.0 Å². The van der Waals surface area contributed by atoms with E-state index in [1.54, 1.807) is 45.2 Å². The van der Waals surface area contributed by atoms with Crippen molar-refractivity contribution in [2.24, 2.45) is 5.92 Å². The zero-order valence-electron chi connectivity index (χ0n) is 25.1. The van der Waals surface area contributed by atoms with Crippen LogP contribution in [0.5, 0.6) is 17.2 Å². The number of anilines is 1. The van der Waals surface area contributed by atoms with E-state index in [2.05, 4.69) is 29.8 Å². The van der Waals surface area contributed by atoms with Gasteiger partial charge in [-0.1, -0.05) is 19.9 Å². The number of aryl methyl sites for hydroxylation is 1. The minimum atomic E-state index is -0.568. The quantitative estimate of drug-likeness (QED) is 0.314. The number of amides is 2. The molecule has 0 heterocycles. The molecule has 0 fully saturated rings. The van der Waals surface area contributed by atoms with Gasteiger partial charge in [-0.15, -0.1) is 0 Å². The van der Waals surface area contributed by atoms with Crippen LogP contribution in [0.2, 0.25) is 0 Å². The Morgan fingerprint density at radius 1 is 1.05 bits per heavy atom. The van der Waals surface area contributed by atoms with Gasteiger partial charge in [-0.25, -0.2) is 0 Å². The van der Waals surface area contributed by atoms with Gasteiger partial charge in [0.1, 0.15) is 6.04 Å². The molecule has 0 saturated carbocycles. The lowest BCUT2D eigenvalue weighted by molar-refractivity contribution is -0.122. The summed E-state index contributed by atoms with van der Waals surface area (Å²) >= 11 is 1.65. The molecule has 2 aromatic rings. The number of carbonyl (C=O) groups is 2. The first kappa shape index (κ1) is 32.1. The van der Waals surface area contributed by atoms with E-state index in [0.29, 0.717) is 60.2 Å². The van der Waals surface area contributed by atoms with Crippen molar-refractivity contribution in [3.63, 3.8) is 0 Å². The van der Waals surface area contributed by atoms with Crippen LogP contribution < -0.4 is 35.6 Å². The molecule has 0 radical (unpaired) electrons. The van der Waals surface area contributed by atoms with Crippen LogP contribution in [0.4, 0.5) is 5.69 Å². The van der Waals surface area contributed by atoms with Crippen LogP contribution in [0.1, 0.15) is 57.2 Å². The minimum Gasteiger partial charge on any atom is -0.493 e. The maximum absolute atomic E-state index is 13.7. The summed E-state index contributed by atoms with van der Waals surface area (Å²) in [4.78, 5) is 39.0. The molecule has 41 heavy (non-hydrogen) atoms. The van der Waals surface area contributed by atoms with Crippen molar-refractivity contribution in [3.8, 4) is 28.4 Å². The second-order valence-electron chi connectivity index (χ2n) is 10.5. The fourth-order valence-corrected chi connectivity index (χ4v) is 5.60. The van der Waals surface area contributed by atoms with E-state index in [1.165, 1.54) is 6.92 Å². The van der Waals surface area contributed by atoms with Crippen molar-refractivity contribution in [2.75, 3.05) is 45.2 Å². The number of ether oxygens (including phenoxy) is 3. The van der Waals surface area contributed by atoms with Crippen LogP contribution in [0.25, 0.3) is 11.1 Å². The van der Waals surface area contributed by atoms with Crippen LogP contribution in [0.15, 0.2) is 29.1 Å². The van der Waals surface area contributed by atoms with Gasteiger partial charge in [0.2, 0.25) is 23.0 Å². The number of hydrogen-bond donors (Lipinski definition) is 3. The Hall–Kier alpha value is -3.40. The molecule has 0 bridgehead atoms. The number of methoxy groups -OCH3 is 3. The third-order valence-electron chi connectivity index (χ3n) is 7.19. The van der Waals surface area contributed by atoms with Gasteiger partial charge in [0.25, 0.3) is 0 Å². The monoisotopic (exact) mass is 585 g/mol. The van der Waals surface area contributed by atoms with Crippen LogP contribution in [-0.4, -0.2) is 57.7 Å². The Bertz CT molecular complexity index is 1300. The maximum Gasteiger partial charge on any atom is 0.242 e. The molecular formula is C31H43N3O6S. The average Bonchev–Trinajstić information content (AvgIpc) is 3.18. The Balaban J connectivity index is 2.16. The third kappa shape index (κ3) is 7.87. The van der Waals surface area contributed by atoms with E-state index in [0.717, 1.165) is 28.9 Å². The lowest BCUT2D eigenvalue weighted by Gasteiger charge is -2.19. The molecular weight excluding hydrogens is 542 g/mol. The smallest absolute Gasteiger partial charge is 0.242 e. The standard InChI is InChI=1S/C31H43N3O6S/c1-18(2)12-14-32-31(37)25(13-15-41-7)34-24-11-9-21-22(17-26(24)36)23(33-19(3)35)10-8-20-16-27(38-4)29(39-5)30(40-6)28(20)21/h9,11,16-18,23,25H,8,10,12-15H2,1-7H3,(H,32,37)(H,33,35)(H,34,36)/t23-,25+/m1/s1. The topological polar surface area (TPSA) is 115 Å². The normalized spacial score (nSPS) is 14.7. The molecule has 1 aliphatic carbocycles. The van der Waals surface area contributed by atoms with E-state index in [4.69, 9.17) is 14.2 Å². The van der Waals surface area contributed by atoms with Crippen molar-refractivity contribution in [1.82, 2.24) is 10.6 Å².